The van der Waals surface area contributed by atoms with E-state index in [0.717, 1.165) is 12.1 Å². The molecule has 8 heteroatoms. The van der Waals surface area contributed by atoms with E-state index in [1.165, 1.54) is 11.0 Å². The quantitative estimate of drug-likeness (QED) is 0.671. The molecule has 150 valence electrons. The summed E-state index contributed by atoms with van der Waals surface area (Å²) in [7, 11) is 0. The van der Waals surface area contributed by atoms with Gasteiger partial charge in [0.15, 0.2) is 18.2 Å². The first-order valence-corrected chi connectivity index (χ1v) is 8.68. The Bertz CT molecular complexity index is 811. The van der Waals surface area contributed by atoms with Crippen LogP contribution in [0.2, 0.25) is 0 Å². The fourth-order valence-electron chi connectivity index (χ4n) is 2.42. The Balaban J connectivity index is 2.01. The van der Waals surface area contributed by atoms with Crippen molar-refractivity contribution in [2.24, 2.45) is 0 Å². The lowest BCUT2D eigenvalue weighted by atomic mass is 10.2. The monoisotopic (exact) mass is 393 g/mol. The van der Waals surface area contributed by atoms with Gasteiger partial charge in [-0.3, -0.25) is 9.59 Å². The lowest BCUT2D eigenvalue weighted by Gasteiger charge is -2.22. The minimum atomic E-state index is -1.07. The van der Waals surface area contributed by atoms with Crippen molar-refractivity contribution >= 4 is 11.9 Å². The van der Waals surface area contributed by atoms with E-state index in [4.69, 9.17) is 14.6 Å². The number of carboxylic acid groups (broad SMARTS) is 1. The van der Waals surface area contributed by atoms with Gasteiger partial charge in [0.2, 0.25) is 0 Å². The van der Waals surface area contributed by atoms with Crippen molar-refractivity contribution in [3.05, 3.63) is 59.7 Å². The average Bonchev–Trinajstić information content (AvgIpc) is 2.67. The highest BCUT2D eigenvalue weighted by Crippen LogP contribution is 2.18. The molecule has 1 N–H and O–H groups in total. The molecule has 0 bridgehead atoms. The van der Waals surface area contributed by atoms with Gasteiger partial charge in [-0.05, 0) is 48.9 Å². The standard InChI is InChI=1S/C20H21F2NO5/c1-2-27-15-4-6-16(7-5-15)28-13-19(24)23(10-9-20(25)26)12-14-3-8-17(21)18(22)11-14/h3-8,11H,2,9-10,12-13H2,1H3,(H,25,26). The predicted octanol–water partition coefficient (Wildman–Crippen LogP) is 3.25. The van der Waals surface area contributed by atoms with E-state index in [0.29, 0.717) is 23.7 Å². The van der Waals surface area contributed by atoms with Gasteiger partial charge in [0, 0.05) is 13.1 Å². The van der Waals surface area contributed by atoms with E-state index < -0.39 is 23.5 Å². The molecule has 0 unspecified atom stereocenters. The molecule has 0 saturated heterocycles. The summed E-state index contributed by atoms with van der Waals surface area (Å²) in [5, 5.41) is 8.88. The zero-order valence-corrected chi connectivity index (χ0v) is 15.4. The van der Waals surface area contributed by atoms with Crippen LogP contribution >= 0.6 is 0 Å². The first-order valence-electron chi connectivity index (χ1n) is 8.68. The number of halogens is 2. The van der Waals surface area contributed by atoms with Crippen LogP contribution < -0.4 is 9.47 Å². The average molecular weight is 393 g/mol. The van der Waals surface area contributed by atoms with Crippen LogP contribution in [0.3, 0.4) is 0 Å². The smallest absolute Gasteiger partial charge is 0.305 e. The maximum Gasteiger partial charge on any atom is 0.305 e. The van der Waals surface area contributed by atoms with Crippen LogP contribution in [0.15, 0.2) is 42.5 Å². The Morgan fingerprint density at radius 2 is 1.64 bits per heavy atom. The topological polar surface area (TPSA) is 76.1 Å². The molecule has 0 aromatic heterocycles. The Kier molecular flexibility index (Phi) is 7.74. The van der Waals surface area contributed by atoms with Crippen LogP contribution in [0.1, 0.15) is 18.9 Å². The van der Waals surface area contributed by atoms with Crippen LogP contribution in [0.25, 0.3) is 0 Å². The number of ether oxygens (including phenoxy) is 2. The summed E-state index contributed by atoms with van der Waals surface area (Å²) in [6.07, 6.45) is -0.279. The Hall–Kier alpha value is -3.16. The van der Waals surface area contributed by atoms with Gasteiger partial charge in [-0.25, -0.2) is 8.78 Å². The Labute approximate surface area is 161 Å². The van der Waals surface area contributed by atoms with E-state index >= 15 is 0 Å². The summed E-state index contributed by atoms with van der Waals surface area (Å²) in [6.45, 7) is 1.93. The van der Waals surface area contributed by atoms with E-state index in [-0.39, 0.29) is 26.1 Å². The predicted molar refractivity (Wildman–Crippen MR) is 97.1 cm³/mol. The molecule has 2 aromatic carbocycles. The minimum Gasteiger partial charge on any atom is -0.494 e. The second-order valence-electron chi connectivity index (χ2n) is 5.90. The van der Waals surface area contributed by atoms with E-state index in [1.54, 1.807) is 24.3 Å². The number of benzene rings is 2. The van der Waals surface area contributed by atoms with Gasteiger partial charge < -0.3 is 19.5 Å². The number of nitrogens with zero attached hydrogens (tertiary/aromatic N) is 1. The summed E-state index contributed by atoms with van der Waals surface area (Å²) in [6, 6.07) is 9.97. The zero-order valence-electron chi connectivity index (χ0n) is 15.4. The lowest BCUT2D eigenvalue weighted by Crippen LogP contribution is -2.36. The van der Waals surface area contributed by atoms with Crippen molar-refractivity contribution < 1.29 is 33.0 Å². The molecular weight excluding hydrogens is 372 g/mol. The number of amides is 1. The molecule has 0 spiro atoms. The van der Waals surface area contributed by atoms with Gasteiger partial charge in [-0.1, -0.05) is 6.07 Å². The molecule has 6 nitrogen and oxygen atoms in total. The van der Waals surface area contributed by atoms with Gasteiger partial charge in [0.05, 0.1) is 13.0 Å². The second-order valence-corrected chi connectivity index (χ2v) is 5.90. The molecule has 0 aliphatic rings. The molecule has 0 saturated carbocycles. The van der Waals surface area contributed by atoms with E-state index in [2.05, 4.69) is 0 Å². The number of carbonyl (C=O) groups is 2. The van der Waals surface area contributed by atoms with Gasteiger partial charge in [-0.15, -0.1) is 0 Å². The number of hydrogen-bond acceptors (Lipinski definition) is 4. The largest absolute Gasteiger partial charge is 0.494 e. The fourth-order valence-corrected chi connectivity index (χ4v) is 2.42. The highest BCUT2D eigenvalue weighted by atomic mass is 19.2. The summed E-state index contributed by atoms with van der Waals surface area (Å²) in [5.41, 5.74) is 0.346. The molecule has 0 radical (unpaired) electrons. The van der Waals surface area contributed by atoms with Crippen LogP contribution in [0.5, 0.6) is 11.5 Å². The first kappa shape index (κ1) is 21.1. The summed E-state index contributed by atoms with van der Waals surface area (Å²) in [4.78, 5) is 24.6. The number of aliphatic carboxylic acids is 1. The van der Waals surface area contributed by atoms with Crippen LogP contribution in [-0.4, -0.2) is 41.6 Å². The maximum absolute atomic E-state index is 13.4. The maximum atomic E-state index is 13.4. The van der Waals surface area contributed by atoms with Crippen molar-refractivity contribution in [1.82, 2.24) is 4.90 Å². The van der Waals surface area contributed by atoms with Crippen molar-refractivity contribution in [2.45, 2.75) is 19.9 Å². The Morgan fingerprint density at radius 1 is 1.00 bits per heavy atom. The zero-order chi connectivity index (χ0) is 20.5. The summed E-state index contributed by atoms with van der Waals surface area (Å²) in [5.74, 6) is -2.46. The van der Waals surface area contributed by atoms with Gasteiger partial charge >= 0.3 is 5.97 Å². The van der Waals surface area contributed by atoms with E-state index in [1.807, 2.05) is 6.92 Å². The summed E-state index contributed by atoms with van der Waals surface area (Å²) < 4.78 is 37.2. The normalized spacial score (nSPS) is 10.4. The molecule has 0 aliphatic carbocycles. The van der Waals surface area contributed by atoms with Crippen LogP contribution in [0, 0.1) is 11.6 Å². The van der Waals surface area contributed by atoms with Crippen LogP contribution in [0.4, 0.5) is 8.78 Å². The third kappa shape index (κ3) is 6.53. The highest BCUT2D eigenvalue weighted by Gasteiger charge is 2.17. The van der Waals surface area contributed by atoms with Gasteiger partial charge in [0.1, 0.15) is 11.5 Å². The summed E-state index contributed by atoms with van der Waals surface area (Å²) >= 11 is 0. The number of rotatable bonds is 10. The van der Waals surface area contributed by atoms with Gasteiger partial charge in [0.25, 0.3) is 5.91 Å². The third-order valence-corrected chi connectivity index (χ3v) is 3.80. The molecule has 1 amide bonds. The number of carboxylic acids is 1. The van der Waals surface area contributed by atoms with Crippen molar-refractivity contribution in [1.29, 1.82) is 0 Å². The lowest BCUT2D eigenvalue weighted by molar-refractivity contribution is -0.139. The van der Waals surface area contributed by atoms with Crippen LogP contribution in [-0.2, 0) is 16.1 Å². The molecule has 28 heavy (non-hydrogen) atoms. The molecule has 2 rings (SSSR count). The number of carbonyl (C=O) groups excluding carboxylic acids is 1. The first-order chi connectivity index (χ1) is 13.4. The minimum absolute atomic E-state index is 0.0596. The second kappa shape index (κ2) is 10.2. The molecule has 0 heterocycles. The Morgan fingerprint density at radius 3 is 2.21 bits per heavy atom. The highest BCUT2D eigenvalue weighted by molar-refractivity contribution is 5.78. The SMILES string of the molecule is CCOc1ccc(OCC(=O)N(CCC(=O)O)Cc2ccc(F)c(F)c2)cc1. The molecule has 2 aromatic rings. The molecule has 0 aliphatic heterocycles. The van der Waals surface area contributed by atoms with E-state index in [9.17, 15) is 18.4 Å². The van der Waals surface area contributed by atoms with Crippen molar-refractivity contribution in [2.75, 3.05) is 19.8 Å². The fraction of sp³-hybridized carbons (Fsp3) is 0.300. The molecule has 0 fully saturated rings. The van der Waals surface area contributed by atoms with Crippen molar-refractivity contribution in [3.8, 4) is 11.5 Å². The third-order valence-electron chi connectivity index (χ3n) is 3.80. The van der Waals surface area contributed by atoms with Crippen molar-refractivity contribution in [3.63, 3.8) is 0 Å². The molecule has 0 atom stereocenters. The van der Waals surface area contributed by atoms with Gasteiger partial charge in [-0.2, -0.15) is 0 Å². The number of hydrogen-bond donors (Lipinski definition) is 1. The molecular formula is C20H21F2NO5.